The molecule has 0 aliphatic carbocycles. The molecule has 1 aromatic carbocycles. The van der Waals surface area contributed by atoms with Crippen molar-refractivity contribution in [1.29, 1.82) is 0 Å². The van der Waals surface area contributed by atoms with Crippen molar-refractivity contribution in [2.24, 2.45) is 5.92 Å². The number of nitrogens with zero attached hydrogens (tertiary/aromatic N) is 3. The minimum atomic E-state index is -0.0657. The van der Waals surface area contributed by atoms with Gasteiger partial charge in [0.15, 0.2) is 0 Å². The van der Waals surface area contributed by atoms with Crippen LogP contribution in [0, 0.1) is 5.92 Å². The Kier molecular flexibility index (Phi) is 9.94. The standard InChI is InChI=1S/C26H39N5O2/c1-21(2)26(33)31-16-8-5-3-4-6-12-27-19-23-18-22(10-11-24(23)31)25(32)29-13-7-9-15-30-17-14-28-20-30/h10-11,14,17-18,20-21,27H,3-9,12-13,15-16,19H2,1-2H3,(H,29,32). The van der Waals surface area contributed by atoms with E-state index in [1.54, 1.807) is 6.20 Å². The second-order valence-corrected chi connectivity index (χ2v) is 9.20. The Morgan fingerprint density at radius 2 is 1.94 bits per heavy atom. The molecule has 0 saturated heterocycles. The third-order valence-corrected chi connectivity index (χ3v) is 6.13. The Morgan fingerprint density at radius 3 is 2.73 bits per heavy atom. The van der Waals surface area contributed by atoms with Crippen molar-refractivity contribution in [3.63, 3.8) is 0 Å². The molecule has 1 aromatic heterocycles. The van der Waals surface area contributed by atoms with Crippen LogP contribution in [0.4, 0.5) is 5.69 Å². The third-order valence-electron chi connectivity index (χ3n) is 6.13. The smallest absolute Gasteiger partial charge is 0.251 e. The first kappa shape index (κ1) is 25.0. The van der Waals surface area contributed by atoms with Crippen LogP contribution in [-0.2, 0) is 17.9 Å². The van der Waals surface area contributed by atoms with Gasteiger partial charge in [0, 0.05) is 55.7 Å². The van der Waals surface area contributed by atoms with Crippen molar-refractivity contribution in [3.8, 4) is 0 Å². The van der Waals surface area contributed by atoms with Crippen molar-refractivity contribution < 1.29 is 9.59 Å². The molecule has 0 atom stereocenters. The van der Waals surface area contributed by atoms with Crippen LogP contribution in [-0.4, -0.2) is 41.0 Å². The van der Waals surface area contributed by atoms with Gasteiger partial charge in [-0.25, -0.2) is 4.98 Å². The van der Waals surface area contributed by atoms with E-state index in [-0.39, 0.29) is 17.7 Å². The lowest BCUT2D eigenvalue weighted by Crippen LogP contribution is -2.36. The fourth-order valence-corrected chi connectivity index (χ4v) is 4.21. The van der Waals surface area contributed by atoms with Gasteiger partial charge in [0.05, 0.1) is 6.33 Å². The van der Waals surface area contributed by atoms with Gasteiger partial charge in [-0.15, -0.1) is 0 Å². The molecule has 3 rings (SSSR count). The lowest BCUT2D eigenvalue weighted by atomic mass is 10.0. The molecule has 1 aliphatic heterocycles. The van der Waals surface area contributed by atoms with Crippen LogP contribution in [0.3, 0.4) is 0 Å². The maximum absolute atomic E-state index is 13.0. The van der Waals surface area contributed by atoms with E-state index in [1.807, 2.05) is 54.0 Å². The average molecular weight is 454 g/mol. The number of imidazole rings is 1. The molecule has 180 valence electrons. The van der Waals surface area contributed by atoms with Crippen LogP contribution < -0.4 is 15.5 Å². The summed E-state index contributed by atoms with van der Waals surface area (Å²) in [6.07, 6.45) is 13.1. The molecular weight excluding hydrogens is 414 g/mol. The molecule has 1 aliphatic rings. The Balaban J connectivity index is 1.67. The van der Waals surface area contributed by atoms with E-state index in [9.17, 15) is 9.59 Å². The fraction of sp³-hybridized carbons (Fsp3) is 0.577. The van der Waals surface area contributed by atoms with Crippen molar-refractivity contribution in [2.45, 2.75) is 71.9 Å². The number of aromatic nitrogens is 2. The quantitative estimate of drug-likeness (QED) is 0.618. The van der Waals surface area contributed by atoms with Gasteiger partial charge in [-0.1, -0.05) is 33.1 Å². The summed E-state index contributed by atoms with van der Waals surface area (Å²) in [5, 5.41) is 6.55. The summed E-state index contributed by atoms with van der Waals surface area (Å²) in [4.78, 5) is 31.8. The summed E-state index contributed by atoms with van der Waals surface area (Å²) in [6.45, 7) is 7.78. The van der Waals surface area contributed by atoms with Gasteiger partial charge in [0.1, 0.15) is 0 Å². The van der Waals surface area contributed by atoms with Crippen molar-refractivity contribution in [1.82, 2.24) is 20.2 Å². The largest absolute Gasteiger partial charge is 0.352 e. The zero-order valence-corrected chi connectivity index (χ0v) is 20.2. The van der Waals surface area contributed by atoms with E-state index in [0.29, 0.717) is 18.7 Å². The molecule has 0 unspecified atom stereocenters. The van der Waals surface area contributed by atoms with Crippen molar-refractivity contribution >= 4 is 17.5 Å². The Hall–Kier alpha value is -2.67. The molecule has 2 heterocycles. The zero-order chi connectivity index (χ0) is 23.5. The first-order valence-electron chi connectivity index (χ1n) is 12.4. The van der Waals surface area contributed by atoms with Gasteiger partial charge >= 0.3 is 0 Å². The Morgan fingerprint density at radius 1 is 1.12 bits per heavy atom. The number of carbonyl (C=O) groups excluding carboxylic acids is 2. The highest BCUT2D eigenvalue weighted by Crippen LogP contribution is 2.25. The number of fused-ring (bicyclic) bond motifs is 1. The highest BCUT2D eigenvalue weighted by molar-refractivity contribution is 5.98. The number of benzene rings is 1. The maximum atomic E-state index is 13.0. The summed E-state index contributed by atoms with van der Waals surface area (Å²) in [5.41, 5.74) is 2.59. The number of unbranched alkanes of at least 4 members (excludes halogenated alkanes) is 1. The number of nitrogens with one attached hydrogen (secondary N) is 2. The molecular formula is C26H39N5O2. The van der Waals surface area contributed by atoms with Crippen LogP contribution in [0.1, 0.15) is 74.7 Å². The van der Waals surface area contributed by atoms with E-state index in [1.165, 1.54) is 12.8 Å². The van der Waals surface area contributed by atoms with Gasteiger partial charge in [0.2, 0.25) is 5.91 Å². The van der Waals surface area contributed by atoms with Gasteiger partial charge < -0.3 is 20.1 Å². The molecule has 2 amide bonds. The summed E-state index contributed by atoms with van der Waals surface area (Å²) < 4.78 is 2.04. The first-order chi connectivity index (χ1) is 16.1. The predicted molar refractivity (Wildman–Crippen MR) is 132 cm³/mol. The van der Waals surface area contributed by atoms with Gasteiger partial charge in [-0.2, -0.15) is 0 Å². The zero-order valence-electron chi connectivity index (χ0n) is 20.2. The SMILES string of the molecule is CC(C)C(=O)N1CCCCCCCNCc2cc(C(=O)NCCCCn3ccnc3)ccc21. The average Bonchev–Trinajstić information content (AvgIpc) is 3.32. The van der Waals surface area contributed by atoms with E-state index in [0.717, 1.165) is 63.0 Å². The predicted octanol–water partition coefficient (Wildman–Crippen LogP) is 4.14. The van der Waals surface area contributed by atoms with Crippen LogP contribution >= 0.6 is 0 Å². The summed E-state index contributed by atoms with van der Waals surface area (Å²) >= 11 is 0. The monoisotopic (exact) mass is 453 g/mol. The minimum absolute atomic E-state index is 0.0618. The molecule has 0 radical (unpaired) electrons. The summed E-state index contributed by atoms with van der Waals surface area (Å²) in [7, 11) is 0. The molecule has 2 N–H and O–H groups in total. The van der Waals surface area contributed by atoms with Crippen LogP contribution in [0.25, 0.3) is 0 Å². The highest BCUT2D eigenvalue weighted by Gasteiger charge is 2.22. The van der Waals surface area contributed by atoms with Gasteiger partial charge in [-0.3, -0.25) is 9.59 Å². The number of anilines is 1. The first-order valence-corrected chi connectivity index (χ1v) is 12.4. The third kappa shape index (κ3) is 7.70. The molecule has 0 saturated carbocycles. The van der Waals surface area contributed by atoms with Crippen molar-refractivity contribution in [3.05, 3.63) is 48.0 Å². The second kappa shape index (κ2) is 13.1. The molecule has 2 aromatic rings. The lowest BCUT2D eigenvalue weighted by molar-refractivity contribution is -0.121. The molecule has 33 heavy (non-hydrogen) atoms. The summed E-state index contributed by atoms with van der Waals surface area (Å²) in [5.74, 6) is 0.0145. The minimum Gasteiger partial charge on any atom is -0.352 e. The molecule has 7 nitrogen and oxygen atoms in total. The second-order valence-electron chi connectivity index (χ2n) is 9.20. The summed E-state index contributed by atoms with van der Waals surface area (Å²) in [6, 6.07) is 5.76. The topological polar surface area (TPSA) is 79.3 Å². The Bertz CT molecular complexity index is 879. The van der Waals surface area contributed by atoms with E-state index in [2.05, 4.69) is 15.6 Å². The number of aryl methyl sites for hydroxylation is 1. The van der Waals surface area contributed by atoms with Crippen molar-refractivity contribution in [2.75, 3.05) is 24.5 Å². The number of amides is 2. The van der Waals surface area contributed by atoms with Gasteiger partial charge in [-0.05, 0) is 56.0 Å². The maximum Gasteiger partial charge on any atom is 0.251 e. The van der Waals surface area contributed by atoms with Crippen LogP contribution in [0.15, 0.2) is 36.9 Å². The highest BCUT2D eigenvalue weighted by atomic mass is 16.2. The van der Waals surface area contributed by atoms with E-state index in [4.69, 9.17) is 0 Å². The molecule has 7 heteroatoms. The molecule has 0 spiro atoms. The number of hydrogen-bond acceptors (Lipinski definition) is 4. The lowest BCUT2D eigenvalue weighted by Gasteiger charge is -2.28. The van der Waals surface area contributed by atoms with Crippen LogP contribution in [0.5, 0.6) is 0 Å². The van der Waals surface area contributed by atoms with E-state index < -0.39 is 0 Å². The molecule has 0 fully saturated rings. The number of carbonyl (C=O) groups is 2. The number of hydrogen-bond donors (Lipinski definition) is 2. The normalized spacial score (nSPS) is 15.4. The fourth-order valence-electron chi connectivity index (χ4n) is 4.21. The van der Waals surface area contributed by atoms with E-state index >= 15 is 0 Å². The van der Waals surface area contributed by atoms with Crippen LogP contribution in [0.2, 0.25) is 0 Å². The Labute approximate surface area is 198 Å². The van der Waals surface area contributed by atoms with Gasteiger partial charge in [0.25, 0.3) is 5.91 Å². The molecule has 0 bridgehead atoms. The number of rotatable bonds is 7.